The van der Waals surface area contributed by atoms with E-state index in [9.17, 15) is 4.79 Å². The minimum Gasteiger partial charge on any atom is -0.497 e. The van der Waals surface area contributed by atoms with Gasteiger partial charge in [-0.15, -0.1) is 0 Å². The molecule has 3 nitrogen and oxygen atoms in total. The van der Waals surface area contributed by atoms with Crippen molar-refractivity contribution in [1.82, 2.24) is 4.98 Å². The summed E-state index contributed by atoms with van der Waals surface area (Å²) in [4.78, 5) is 16.5. The Morgan fingerprint density at radius 1 is 1.13 bits per heavy atom. The molecular weight excluding hydrogens is 333 g/mol. The van der Waals surface area contributed by atoms with Gasteiger partial charge >= 0.3 is 0 Å². The van der Waals surface area contributed by atoms with Crippen LogP contribution in [0.1, 0.15) is 15.9 Å². The van der Waals surface area contributed by atoms with E-state index in [0.29, 0.717) is 27.2 Å². The second kappa shape index (κ2) is 6.19. The van der Waals surface area contributed by atoms with Crippen molar-refractivity contribution in [2.75, 3.05) is 7.11 Å². The van der Waals surface area contributed by atoms with Crippen molar-refractivity contribution in [3.63, 3.8) is 0 Å². The molecule has 3 rings (SSSR count). The molecule has 0 amide bonds. The van der Waals surface area contributed by atoms with Crippen LogP contribution in [0.2, 0.25) is 5.02 Å². The summed E-state index contributed by atoms with van der Waals surface area (Å²) < 4.78 is 5.16. The predicted molar refractivity (Wildman–Crippen MR) is 93.7 cm³/mol. The molecule has 23 heavy (non-hydrogen) atoms. The maximum Gasteiger partial charge on any atom is 0.253 e. The Kier molecular flexibility index (Phi) is 4.24. The van der Waals surface area contributed by atoms with Crippen LogP contribution < -0.4 is 4.74 Å². The van der Waals surface area contributed by atoms with Crippen LogP contribution in [0.25, 0.3) is 22.2 Å². The third kappa shape index (κ3) is 2.90. The molecule has 0 aliphatic carbocycles. The van der Waals surface area contributed by atoms with Gasteiger partial charge in [0.1, 0.15) is 5.75 Å². The van der Waals surface area contributed by atoms with Gasteiger partial charge in [-0.25, -0.2) is 4.98 Å². The number of hydrogen-bond acceptors (Lipinski definition) is 3. The zero-order chi connectivity index (χ0) is 16.6. The fourth-order valence-corrected chi connectivity index (χ4v) is 2.79. The highest BCUT2D eigenvalue weighted by Gasteiger charge is 2.15. The van der Waals surface area contributed by atoms with Gasteiger partial charge in [0, 0.05) is 21.5 Å². The number of carbonyl (C=O) groups excluding carboxylic acids is 1. The van der Waals surface area contributed by atoms with Gasteiger partial charge in [-0.05, 0) is 60.5 Å². The molecule has 0 fully saturated rings. The highest BCUT2D eigenvalue weighted by atomic mass is 35.5. The molecule has 0 saturated carbocycles. The first kappa shape index (κ1) is 15.8. The molecule has 0 saturated heterocycles. The van der Waals surface area contributed by atoms with Crippen LogP contribution in [-0.4, -0.2) is 17.3 Å². The molecule has 1 aromatic heterocycles. The van der Waals surface area contributed by atoms with Crippen LogP contribution in [0.15, 0.2) is 42.5 Å². The lowest BCUT2D eigenvalue weighted by molar-refractivity contribution is 0.108. The second-order valence-corrected chi connectivity index (χ2v) is 5.88. The second-order valence-electron chi connectivity index (χ2n) is 5.13. The Balaban J connectivity index is 2.28. The zero-order valence-corrected chi connectivity index (χ0v) is 14.1. The number of ether oxygens (including phenoxy) is 1. The molecule has 0 radical (unpaired) electrons. The van der Waals surface area contributed by atoms with E-state index in [2.05, 4.69) is 4.98 Å². The molecule has 2 aromatic carbocycles. The average Bonchev–Trinajstić information content (AvgIpc) is 2.57. The van der Waals surface area contributed by atoms with Crippen LogP contribution in [0.4, 0.5) is 0 Å². The van der Waals surface area contributed by atoms with E-state index in [4.69, 9.17) is 27.9 Å². The molecule has 0 aliphatic rings. The van der Waals surface area contributed by atoms with Gasteiger partial charge < -0.3 is 4.74 Å². The number of nitrogens with zero attached hydrogens (tertiary/aromatic N) is 1. The molecule has 116 valence electrons. The van der Waals surface area contributed by atoms with E-state index in [-0.39, 0.29) is 0 Å². The highest BCUT2D eigenvalue weighted by Crippen LogP contribution is 2.31. The normalized spacial score (nSPS) is 10.8. The molecule has 5 heteroatoms. The molecule has 0 bridgehead atoms. The summed E-state index contributed by atoms with van der Waals surface area (Å²) in [5.41, 5.74) is 3.44. The maximum absolute atomic E-state index is 11.8. The molecule has 0 N–H and O–H groups in total. The number of carbonyl (C=O) groups is 1. The number of aromatic nitrogens is 1. The fraction of sp³-hybridized carbons (Fsp3) is 0.111. The zero-order valence-electron chi connectivity index (χ0n) is 12.6. The Morgan fingerprint density at radius 3 is 2.43 bits per heavy atom. The molecule has 0 spiro atoms. The largest absolute Gasteiger partial charge is 0.497 e. The van der Waals surface area contributed by atoms with Crippen LogP contribution >= 0.6 is 23.2 Å². The van der Waals surface area contributed by atoms with E-state index < -0.39 is 5.24 Å². The third-order valence-corrected chi connectivity index (χ3v) is 4.38. The van der Waals surface area contributed by atoms with Crippen molar-refractivity contribution in [2.24, 2.45) is 0 Å². The van der Waals surface area contributed by atoms with E-state index >= 15 is 0 Å². The van der Waals surface area contributed by atoms with Gasteiger partial charge in [-0.2, -0.15) is 0 Å². The maximum atomic E-state index is 11.8. The van der Waals surface area contributed by atoms with Crippen molar-refractivity contribution in [3.8, 4) is 17.0 Å². The summed E-state index contributed by atoms with van der Waals surface area (Å²) in [6, 6.07) is 12.7. The standard InChI is InChI=1S/C18H13Cl2NO2/c1-10-15(19)8-7-13-14(18(20)22)9-16(21-17(10)13)11-3-5-12(23-2)6-4-11/h3-9H,1-2H3. The Morgan fingerprint density at radius 2 is 1.83 bits per heavy atom. The van der Waals surface area contributed by atoms with Gasteiger partial charge in [-0.1, -0.05) is 17.7 Å². The van der Waals surface area contributed by atoms with E-state index in [1.807, 2.05) is 31.2 Å². The van der Waals surface area contributed by atoms with Gasteiger partial charge in [0.25, 0.3) is 5.24 Å². The topological polar surface area (TPSA) is 39.2 Å². The quantitative estimate of drug-likeness (QED) is 0.608. The number of rotatable bonds is 3. The predicted octanol–water partition coefficient (Wildman–Crippen LogP) is 5.25. The summed E-state index contributed by atoms with van der Waals surface area (Å²) in [6.45, 7) is 1.87. The van der Waals surface area contributed by atoms with Crippen LogP contribution in [0.3, 0.4) is 0 Å². The minimum absolute atomic E-state index is 0.419. The number of methoxy groups -OCH3 is 1. The first-order valence-electron chi connectivity index (χ1n) is 6.95. The molecular formula is C18H13Cl2NO2. The first-order valence-corrected chi connectivity index (χ1v) is 7.71. The molecule has 0 aliphatic heterocycles. The number of aryl methyl sites for hydroxylation is 1. The van der Waals surface area contributed by atoms with E-state index in [1.54, 1.807) is 25.3 Å². The van der Waals surface area contributed by atoms with Crippen LogP contribution in [-0.2, 0) is 0 Å². The Bertz CT molecular complexity index is 905. The number of benzene rings is 2. The summed E-state index contributed by atoms with van der Waals surface area (Å²) >= 11 is 11.9. The molecule has 0 unspecified atom stereocenters. The van der Waals surface area contributed by atoms with Crippen LogP contribution in [0, 0.1) is 6.92 Å². The first-order chi connectivity index (χ1) is 11.0. The molecule has 3 aromatic rings. The summed E-state index contributed by atoms with van der Waals surface area (Å²) in [5.74, 6) is 0.752. The van der Waals surface area contributed by atoms with Crippen molar-refractivity contribution in [2.45, 2.75) is 6.92 Å². The average molecular weight is 346 g/mol. The van der Waals surface area contributed by atoms with Gasteiger partial charge in [0.2, 0.25) is 0 Å². The minimum atomic E-state index is -0.520. The summed E-state index contributed by atoms with van der Waals surface area (Å²) in [6.07, 6.45) is 0. The number of hydrogen-bond donors (Lipinski definition) is 0. The van der Waals surface area contributed by atoms with Crippen molar-refractivity contribution >= 4 is 39.3 Å². The lowest BCUT2D eigenvalue weighted by atomic mass is 10.0. The van der Waals surface area contributed by atoms with Gasteiger partial charge in [-0.3, -0.25) is 4.79 Å². The van der Waals surface area contributed by atoms with E-state index in [0.717, 1.165) is 16.9 Å². The lowest BCUT2D eigenvalue weighted by Gasteiger charge is -2.10. The Hall–Kier alpha value is -2.10. The molecule has 1 heterocycles. The van der Waals surface area contributed by atoms with Crippen LogP contribution in [0.5, 0.6) is 5.75 Å². The number of halogens is 2. The van der Waals surface area contributed by atoms with E-state index in [1.165, 1.54) is 0 Å². The number of pyridine rings is 1. The summed E-state index contributed by atoms with van der Waals surface area (Å²) in [5, 5.41) is 0.780. The smallest absolute Gasteiger partial charge is 0.253 e. The fourth-order valence-electron chi connectivity index (χ4n) is 2.48. The number of fused-ring (bicyclic) bond motifs is 1. The highest BCUT2D eigenvalue weighted by molar-refractivity contribution is 6.68. The molecule has 0 atom stereocenters. The SMILES string of the molecule is COc1ccc(-c2cc(C(=O)Cl)c3ccc(Cl)c(C)c3n2)cc1. The lowest BCUT2D eigenvalue weighted by Crippen LogP contribution is -1.97. The Labute approximate surface area is 143 Å². The van der Waals surface area contributed by atoms with Crippen molar-refractivity contribution < 1.29 is 9.53 Å². The summed E-state index contributed by atoms with van der Waals surface area (Å²) in [7, 11) is 1.61. The monoisotopic (exact) mass is 345 g/mol. The van der Waals surface area contributed by atoms with Gasteiger partial charge in [0.05, 0.1) is 18.3 Å². The van der Waals surface area contributed by atoms with Crippen molar-refractivity contribution in [1.29, 1.82) is 0 Å². The third-order valence-electron chi connectivity index (χ3n) is 3.77. The van der Waals surface area contributed by atoms with Crippen molar-refractivity contribution in [3.05, 3.63) is 58.6 Å². The van der Waals surface area contributed by atoms with Gasteiger partial charge in [0.15, 0.2) is 0 Å².